The summed E-state index contributed by atoms with van der Waals surface area (Å²) < 4.78 is 18.9. The van der Waals surface area contributed by atoms with Gasteiger partial charge < -0.3 is 22.7 Å². The van der Waals surface area contributed by atoms with Gasteiger partial charge >= 0.3 is 0 Å². The number of pyridine rings is 10. The van der Waals surface area contributed by atoms with Gasteiger partial charge in [-0.15, -0.1) is 45.3 Å². The van der Waals surface area contributed by atoms with Crippen LogP contribution in [-0.2, 0) is 28.2 Å². The lowest BCUT2D eigenvalue weighted by molar-refractivity contribution is 0.654. The Morgan fingerprint density at radius 2 is 0.640 bits per heavy atom. The van der Waals surface area contributed by atoms with Gasteiger partial charge in [0.25, 0.3) is 0 Å². The van der Waals surface area contributed by atoms with Crippen LogP contribution in [0.25, 0.3) is 164 Å². The zero-order chi connectivity index (χ0) is 99.0. The van der Waals surface area contributed by atoms with Crippen molar-refractivity contribution >= 4 is 175 Å². The van der Waals surface area contributed by atoms with E-state index in [2.05, 4.69) is 242 Å². The van der Waals surface area contributed by atoms with Crippen molar-refractivity contribution in [2.24, 2.45) is 28.2 Å². The molecule has 25 nitrogen and oxygen atoms in total. The van der Waals surface area contributed by atoms with Gasteiger partial charge in [-0.3, -0.25) is 39.9 Å². The van der Waals surface area contributed by atoms with Gasteiger partial charge in [-0.25, -0.2) is 59.8 Å². The van der Waals surface area contributed by atoms with Gasteiger partial charge in [0.1, 0.15) is 28.9 Å². The molecule has 0 fully saturated rings. The third-order valence-electron chi connectivity index (χ3n) is 24.4. The quantitative estimate of drug-likeness (QED) is 0.148. The van der Waals surface area contributed by atoms with Gasteiger partial charge in [0.05, 0.1) is 117 Å². The van der Waals surface area contributed by atoms with E-state index < -0.39 is 0 Å². The van der Waals surface area contributed by atoms with Gasteiger partial charge in [0.2, 0.25) is 5.71 Å². The Hall–Kier alpha value is -14.8. The first-order chi connectivity index (χ1) is 66.4. The van der Waals surface area contributed by atoms with E-state index >= 15 is 0 Å². The molecule has 24 rings (SSSR count). The Labute approximate surface area is 823 Å². The second-order valence-corrected chi connectivity index (χ2v) is 40.2. The topological polar surface area (TPSA) is 291 Å². The molecule has 0 N–H and O–H groups in total. The SMILES string of the molecule is Cc1cc2ccc3cc(C)c(C)nc3c2nc1C.Cc1ccc(-c2ccc(C)cn2)nc1.Cc1ccc2oc3ncc(C)cc3c2c1.Cc1cccc(-c2cccc(C)n2)n1.Cc1ccnc(-c2cc(C)ccn2)c1.Cc1nc2c(C)c3nc(C)sc3c(C)c2s1.Cc1nc2c(C)c3sc(C)nc3c(C)c2s1.Cc1nc2nc3nc(C)n(C)c3cc2n1C.Cc1nc2nc3nc(C)n(C)c3nc2n1C. The predicted molar refractivity (Wildman–Crippen MR) is 574 cm³/mol. The summed E-state index contributed by atoms with van der Waals surface area (Å²) in [5.74, 6) is 3.74. The van der Waals surface area contributed by atoms with Crippen LogP contribution in [-0.4, -0.2) is 118 Å². The second-order valence-electron chi connectivity index (χ2n) is 35.4. The first-order valence-electron chi connectivity index (χ1n) is 45.8. The van der Waals surface area contributed by atoms with Crippen molar-refractivity contribution in [2.75, 3.05) is 0 Å². The maximum absolute atomic E-state index is 5.65. The Balaban J connectivity index is 0.000000113. The van der Waals surface area contributed by atoms with E-state index in [9.17, 15) is 0 Å². The molecule has 0 aliphatic carbocycles. The monoisotopic (exact) mass is 1910 g/mol. The normalized spacial score (nSPS) is 11.2. The summed E-state index contributed by atoms with van der Waals surface area (Å²) in [7, 11) is 7.88. The summed E-state index contributed by atoms with van der Waals surface area (Å²) in [6.07, 6.45) is 9.18. The third-order valence-corrected chi connectivity index (χ3v) is 28.7. The molecule has 139 heavy (non-hydrogen) atoms. The van der Waals surface area contributed by atoms with Gasteiger partial charge in [-0.2, -0.15) is 0 Å². The van der Waals surface area contributed by atoms with Crippen molar-refractivity contribution in [3.05, 3.63) is 303 Å². The number of rotatable bonds is 3. The van der Waals surface area contributed by atoms with Crippen LogP contribution in [0.15, 0.2) is 175 Å². The average Bonchev–Trinajstić information content (AvgIpc) is 1.70. The standard InChI is InChI=1S/C16H16N2.C13H11NO.2C12H12N2S2.3C12H12N2.C11H13N5.C10H12N6/c1-9-7-13-5-6-14-8-10(2)12(4)18-16(14)15(13)17-11(9)3;1-8-3-4-12-10(5-8)11-6-9(2)7-14-13(11)15-12;1-5-9-12(16-7(3)13-9)6(2)10-11(5)15-8(4)14-10;1-5-9-11(15-7(3)13-9)6(2)12-10(5)14-8(4)16-12;1-9-3-5-13-11(7-9)12-8-10(2)4-6-14-12;1-9-3-5-11(13-7-9)12-6-4-10(2)8-14-12;1-9-5-3-7-11(13-9)12-8-4-6-10(2)14-12;1-6-12-10-8(15(6)3)5-9-11(14-10)13-7(2)16(9)4;1-5-11-7-9(15(5)3)14-10-8(13-7)12-6(2)16(10)4/h5-8H,1-4H3;3-7H,1-2H3;2*1-4H3;3*3-8H,1-2H3;5H,1-4H3;1-4H3. The molecule has 0 saturated carbocycles. The van der Waals surface area contributed by atoms with Crippen molar-refractivity contribution in [1.82, 2.24) is 118 Å². The van der Waals surface area contributed by atoms with E-state index in [0.717, 1.165) is 195 Å². The Morgan fingerprint density at radius 3 is 1.06 bits per heavy atom. The van der Waals surface area contributed by atoms with Crippen LogP contribution >= 0.6 is 45.3 Å². The van der Waals surface area contributed by atoms with Crippen molar-refractivity contribution in [1.29, 1.82) is 0 Å². The van der Waals surface area contributed by atoms with Crippen LogP contribution in [0.5, 0.6) is 0 Å². The van der Waals surface area contributed by atoms with Crippen molar-refractivity contribution in [3.63, 3.8) is 0 Å². The number of hydrogen-bond acceptors (Lipinski definition) is 25. The van der Waals surface area contributed by atoms with Crippen molar-refractivity contribution in [3.8, 4) is 34.2 Å². The number of furan rings is 1. The third kappa shape index (κ3) is 21.2. The van der Waals surface area contributed by atoms with Gasteiger partial charge in [-0.1, -0.05) is 48.0 Å². The summed E-state index contributed by atoms with van der Waals surface area (Å²) in [5.41, 5.74) is 39.3. The summed E-state index contributed by atoms with van der Waals surface area (Å²) in [6, 6.07) is 47.1. The van der Waals surface area contributed by atoms with E-state index in [1.807, 2.05) is 231 Å². The lowest BCUT2D eigenvalue weighted by Crippen LogP contribution is -1.96. The second kappa shape index (κ2) is 40.9. The molecule has 4 aromatic carbocycles. The molecule has 20 heterocycles. The van der Waals surface area contributed by atoms with E-state index in [1.54, 1.807) is 45.3 Å². The highest BCUT2D eigenvalue weighted by Gasteiger charge is 2.21. The maximum Gasteiger partial charge on any atom is 0.227 e. The van der Waals surface area contributed by atoms with E-state index in [0.29, 0.717) is 11.3 Å². The highest BCUT2D eigenvalue weighted by atomic mass is 32.1. The van der Waals surface area contributed by atoms with Crippen LogP contribution < -0.4 is 0 Å². The lowest BCUT2D eigenvalue weighted by Gasteiger charge is -2.08. The Morgan fingerprint density at radius 1 is 0.259 bits per heavy atom. The van der Waals surface area contributed by atoms with Crippen LogP contribution in [0.4, 0.5) is 0 Å². The molecule has 0 aliphatic rings. The summed E-state index contributed by atoms with van der Waals surface area (Å²) in [6.45, 7) is 49.3. The minimum absolute atomic E-state index is 0.658. The number of aromatic nitrogens is 24. The van der Waals surface area contributed by atoms with E-state index in [4.69, 9.17) is 14.4 Å². The number of imidazole rings is 4. The molecule has 0 unspecified atom stereocenters. The molecule has 0 saturated heterocycles. The lowest BCUT2D eigenvalue weighted by atomic mass is 10.1. The molecular formula is C110H112N24OS4. The molecule has 20 aromatic heterocycles. The van der Waals surface area contributed by atoms with Gasteiger partial charge in [0, 0.05) is 109 Å². The molecule has 0 aliphatic heterocycles. The first-order valence-corrected chi connectivity index (χ1v) is 49.0. The highest BCUT2D eigenvalue weighted by Crippen LogP contribution is 2.40. The van der Waals surface area contributed by atoms with E-state index in [1.165, 1.54) is 90.8 Å². The fraction of sp³-hybridized carbons (Fsp3) is 0.255. The molecule has 0 radical (unpaired) electrons. The number of nitrogens with zero attached hydrogens (tertiary/aromatic N) is 24. The maximum atomic E-state index is 5.65. The van der Waals surface area contributed by atoms with Crippen LogP contribution in [0.2, 0.25) is 0 Å². The fourth-order valence-corrected chi connectivity index (χ4v) is 20.0. The molecule has 702 valence electrons. The molecule has 24 aromatic rings. The minimum atomic E-state index is 0.658. The summed E-state index contributed by atoms with van der Waals surface area (Å²) in [5, 5.41) is 9.13. The zero-order valence-electron chi connectivity index (χ0n) is 83.9. The largest absolute Gasteiger partial charge is 0.438 e. The molecule has 0 spiro atoms. The van der Waals surface area contributed by atoms with Crippen molar-refractivity contribution < 1.29 is 4.42 Å². The summed E-state index contributed by atoms with van der Waals surface area (Å²) in [4.78, 5) is 89.2. The van der Waals surface area contributed by atoms with Gasteiger partial charge in [0.15, 0.2) is 33.9 Å². The smallest absolute Gasteiger partial charge is 0.227 e. The average molecular weight is 1910 g/mol. The fourth-order valence-electron chi connectivity index (χ4n) is 16.0. The number of thiazole rings is 4. The minimum Gasteiger partial charge on any atom is -0.438 e. The zero-order valence-corrected chi connectivity index (χ0v) is 87.2. The Kier molecular flexibility index (Phi) is 28.6. The number of aryl methyl sites for hydroxylation is 28. The first kappa shape index (κ1) is 97.3. The molecule has 29 heteroatoms. The molecule has 0 bridgehead atoms. The van der Waals surface area contributed by atoms with Gasteiger partial charge in [-0.05, 0) is 319 Å². The number of hydrogen-bond donors (Lipinski definition) is 0. The molecule has 0 atom stereocenters. The van der Waals surface area contributed by atoms with Crippen LogP contribution in [0.3, 0.4) is 0 Å². The highest BCUT2D eigenvalue weighted by molar-refractivity contribution is 7.21. The van der Waals surface area contributed by atoms with Crippen molar-refractivity contribution in [2.45, 2.75) is 166 Å². The molecule has 0 amide bonds. The van der Waals surface area contributed by atoms with Crippen LogP contribution in [0, 0.1) is 166 Å². The molecular weight excluding hydrogens is 1800 g/mol. The summed E-state index contributed by atoms with van der Waals surface area (Å²) >= 11 is 7.11. The van der Waals surface area contributed by atoms with Crippen LogP contribution in [0.1, 0.15) is 133 Å². The number of fused-ring (bicyclic) bond motifs is 14. The number of benzene rings is 4. The Bertz CT molecular complexity index is 7830. The van der Waals surface area contributed by atoms with E-state index in [-0.39, 0.29) is 0 Å². The predicted octanol–water partition coefficient (Wildman–Crippen LogP) is 26.5.